The maximum Gasteiger partial charge on any atom is 0.472 e. The van der Waals surface area contributed by atoms with E-state index in [1.807, 2.05) is 0 Å². The molecule has 3 aromatic heterocycles. The molecule has 24 nitrogen and oxygen atoms in total. The van der Waals surface area contributed by atoms with E-state index >= 15 is 0 Å². The van der Waals surface area contributed by atoms with Crippen molar-refractivity contribution in [1.29, 1.82) is 0 Å². The molecule has 57 heavy (non-hydrogen) atoms. The number of aliphatic hydroxyl groups excluding tert-OH is 1. The molecule has 3 aliphatic heterocycles. The van der Waals surface area contributed by atoms with Crippen LogP contribution in [-0.4, -0.2) is 118 Å². The average molecular weight is 841 g/mol. The Labute approximate surface area is 321 Å². The zero-order chi connectivity index (χ0) is 40.5. The number of aromatic nitrogens is 6. The molecule has 0 saturated carbocycles. The molecule has 8 N–H and O–H groups in total. The molecule has 1 aromatic carbocycles. The summed E-state index contributed by atoms with van der Waals surface area (Å²) in [5.41, 5.74) is 11.6. The molecular formula is C31H38N8O16P2. The van der Waals surface area contributed by atoms with E-state index in [4.69, 9.17) is 44.2 Å². The molecule has 0 amide bonds. The van der Waals surface area contributed by atoms with Crippen LogP contribution in [0.1, 0.15) is 30.9 Å². The number of hydrogen-bond acceptors (Lipinski definition) is 19. The van der Waals surface area contributed by atoms with Gasteiger partial charge in [0.05, 0.1) is 26.0 Å². The van der Waals surface area contributed by atoms with Gasteiger partial charge in [-0.15, -0.1) is 0 Å². The van der Waals surface area contributed by atoms with Crippen molar-refractivity contribution in [3.8, 4) is 0 Å². The van der Waals surface area contributed by atoms with Gasteiger partial charge in [-0.05, 0) is 18.1 Å². The topological polar surface area (TPSA) is 337 Å². The van der Waals surface area contributed by atoms with Crippen LogP contribution in [0.25, 0.3) is 11.2 Å². The molecule has 10 atom stereocenters. The number of carbonyl (C=O) groups is 1. The van der Waals surface area contributed by atoms with Crippen molar-refractivity contribution in [2.45, 2.75) is 74.6 Å². The average Bonchev–Trinajstić information content (AvgIpc) is 3.95. The van der Waals surface area contributed by atoms with E-state index < -0.39 is 95.9 Å². The fourth-order valence-corrected chi connectivity index (χ4v) is 7.85. The number of esters is 1. The van der Waals surface area contributed by atoms with E-state index in [1.165, 1.54) is 29.5 Å². The van der Waals surface area contributed by atoms with E-state index in [0.717, 1.165) is 4.57 Å². The molecule has 0 radical (unpaired) electrons. The normalized spacial score (nSPS) is 28.8. The summed E-state index contributed by atoms with van der Waals surface area (Å²) in [5, 5.41) is 11.5. The van der Waals surface area contributed by atoms with Crippen LogP contribution in [0.4, 0.5) is 11.6 Å². The summed E-state index contributed by atoms with van der Waals surface area (Å²) in [6.45, 7) is -1.45. The summed E-state index contributed by atoms with van der Waals surface area (Å²) in [4.78, 5) is 72.0. The zero-order valence-electron chi connectivity index (χ0n) is 29.6. The minimum atomic E-state index is -5.31. The molecule has 3 aliphatic rings. The summed E-state index contributed by atoms with van der Waals surface area (Å²) in [5.74, 6) is -0.858. The van der Waals surface area contributed by atoms with Gasteiger partial charge in [0.25, 0.3) is 0 Å². The molecule has 308 valence electrons. The van der Waals surface area contributed by atoms with E-state index in [1.54, 1.807) is 30.3 Å². The van der Waals surface area contributed by atoms with Crippen molar-refractivity contribution >= 4 is 44.4 Å². The largest absolute Gasteiger partial charge is 0.472 e. The predicted molar refractivity (Wildman–Crippen MR) is 189 cm³/mol. The molecule has 4 aromatic rings. The first kappa shape index (κ1) is 40.9. The Bertz CT molecular complexity index is 2200. The van der Waals surface area contributed by atoms with Gasteiger partial charge in [-0.25, -0.2) is 28.9 Å². The number of benzene rings is 1. The quantitative estimate of drug-likeness (QED) is 0.0660. The van der Waals surface area contributed by atoms with Gasteiger partial charge in [-0.1, -0.05) is 30.3 Å². The monoisotopic (exact) mass is 840 g/mol. The van der Waals surface area contributed by atoms with Crippen molar-refractivity contribution < 1.29 is 71.0 Å². The van der Waals surface area contributed by atoms with Crippen molar-refractivity contribution in [3.05, 3.63) is 71.3 Å². The lowest BCUT2D eigenvalue weighted by atomic mass is 10.1. The highest BCUT2D eigenvalue weighted by molar-refractivity contribution is 7.47. The molecular weight excluding hydrogens is 802 g/mol. The SMILES string of the molecule is Nc1ccn([C@@H]2O[C@H](COP(=O)(O)O)[C@@H](OP(=O)(O)OC[C@@H]3O[C@@H](n4cnc5c(N)ncnc54)[C@H](O)[C@@H]3OC(=O)Cc3ccccc3)[C@H]2O[C@@H]2CCCO2)c(=O)n1. The van der Waals surface area contributed by atoms with Gasteiger partial charge >= 0.3 is 27.3 Å². The zero-order valence-corrected chi connectivity index (χ0v) is 31.3. The predicted octanol–water partition coefficient (Wildman–Crippen LogP) is -0.309. The van der Waals surface area contributed by atoms with Crippen LogP contribution in [0.5, 0.6) is 0 Å². The number of anilines is 2. The van der Waals surface area contributed by atoms with E-state index in [-0.39, 0.29) is 29.2 Å². The smallest absolute Gasteiger partial charge is 0.456 e. The van der Waals surface area contributed by atoms with Crippen LogP contribution < -0.4 is 17.2 Å². The van der Waals surface area contributed by atoms with Gasteiger partial charge in [0.2, 0.25) is 0 Å². The van der Waals surface area contributed by atoms with Crippen molar-refractivity contribution in [2.24, 2.45) is 0 Å². The lowest BCUT2D eigenvalue weighted by Gasteiger charge is -2.28. The highest BCUT2D eigenvalue weighted by atomic mass is 31.2. The van der Waals surface area contributed by atoms with Crippen molar-refractivity contribution in [1.82, 2.24) is 29.1 Å². The third-order valence-corrected chi connectivity index (χ3v) is 10.6. The lowest BCUT2D eigenvalue weighted by Crippen LogP contribution is -2.42. The summed E-state index contributed by atoms with van der Waals surface area (Å²) in [6, 6.07) is 9.86. The number of imidazole rings is 1. The van der Waals surface area contributed by atoms with Gasteiger partial charge < -0.3 is 54.9 Å². The number of nitrogen functional groups attached to an aromatic ring is 2. The number of phosphoric ester groups is 2. The molecule has 1 unspecified atom stereocenters. The van der Waals surface area contributed by atoms with Gasteiger partial charge in [0.1, 0.15) is 48.2 Å². The second kappa shape index (κ2) is 16.9. The Morgan fingerprint density at radius 1 is 0.930 bits per heavy atom. The fraction of sp³-hybridized carbons (Fsp3) is 0.484. The van der Waals surface area contributed by atoms with E-state index in [2.05, 4.69) is 24.5 Å². The molecule has 6 heterocycles. The number of carbonyl (C=O) groups excluding carboxylic acids is 1. The second-order valence-electron chi connectivity index (χ2n) is 13.0. The summed E-state index contributed by atoms with van der Waals surface area (Å²) in [6.07, 6.45) is -8.61. The number of fused-ring (bicyclic) bond motifs is 1. The Balaban J connectivity index is 1.14. The molecule has 26 heteroatoms. The Morgan fingerprint density at radius 3 is 2.39 bits per heavy atom. The van der Waals surface area contributed by atoms with E-state index in [0.29, 0.717) is 25.0 Å². The highest BCUT2D eigenvalue weighted by Gasteiger charge is 2.53. The summed E-state index contributed by atoms with van der Waals surface area (Å²) in [7, 11) is -10.4. The molecule has 0 spiro atoms. The van der Waals surface area contributed by atoms with Crippen LogP contribution in [-0.2, 0) is 57.6 Å². The number of aliphatic hydroxyl groups is 1. The molecule has 0 aliphatic carbocycles. The van der Waals surface area contributed by atoms with Gasteiger partial charge in [-0.3, -0.25) is 27.5 Å². The lowest BCUT2D eigenvalue weighted by molar-refractivity contribution is -0.181. The van der Waals surface area contributed by atoms with Crippen LogP contribution in [0.15, 0.2) is 60.0 Å². The van der Waals surface area contributed by atoms with Crippen molar-refractivity contribution in [3.63, 3.8) is 0 Å². The Kier molecular flexibility index (Phi) is 12.1. The van der Waals surface area contributed by atoms with Crippen molar-refractivity contribution in [2.75, 3.05) is 31.3 Å². The highest BCUT2D eigenvalue weighted by Crippen LogP contribution is 2.51. The molecule has 3 saturated heterocycles. The Hall–Kier alpha value is -4.26. The number of nitrogens with two attached hydrogens (primary N) is 2. The number of hydrogen-bond donors (Lipinski definition) is 6. The van der Waals surface area contributed by atoms with Gasteiger partial charge in [0, 0.05) is 19.2 Å². The third kappa shape index (κ3) is 9.56. The number of rotatable bonds is 15. The third-order valence-electron chi connectivity index (χ3n) is 9.10. The standard InChI is InChI=1S/C31H38N8O16P2/c32-19-8-9-38(31(42)37-19)30-26(54-21-7-4-10-48-21)25(18(52-30)12-49-56(43,44)45)55-57(46,47)50-13-17-24(53-20(40)11-16-5-2-1-3-6-16)23(41)29(51-17)39-15-36-22-27(33)34-14-35-28(22)39/h1-3,5-6,8-9,14-15,17-18,21,23-26,29-30,41H,4,7,10-13H2,(H,46,47)(H2,32,37,42)(H2,33,34,35)(H2,43,44,45)/t17-,18+,21+,23+,24+,25+,26+,29+,30+/m0/s1. The summed E-state index contributed by atoms with van der Waals surface area (Å²) < 4.78 is 72.7. The van der Waals surface area contributed by atoms with Crippen LogP contribution in [0, 0.1) is 0 Å². The molecule has 3 fully saturated rings. The second-order valence-corrected chi connectivity index (χ2v) is 15.7. The van der Waals surface area contributed by atoms with Gasteiger partial charge in [-0.2, -0.15) is 4.98 Å². The van der Waals surface area contributed by atoms with Crippen LogP contribution >= 0.6 is 15.6 Å². The van der Waals surface area contributed by atoms with Crippen LogP contribution in [0.2, 0.25) is 0 Å². The molecule has 0 bridgehead atoms. The summed E-state index contributed by atoms with van der Waals surface area (Å²) >= 11 is 0. The van der Waals surface area contributed by atoms with E-state index in [9.17, 15) is 38.5 Å². The maximum atomic E-state index is 13.8. The Morgan fingerprint density at radius 2 is 1.67 bits per heavy atom. The first-order valence-corrected chi connectivity index (χ1v) is 20.3. The number of phosphoric acid groups is 2. The maximum absolute atomic E-state index is 13.8. The first-order chi connectivity index (χ1) is 27.2. The number of nitrogens with zero attached hydrogens (tertiary/aromatic N) is 6. The first-order valence-electron chi connectivity index (χ1n) is 17.3. The minimum Gasteiger partial charge on any atom is -0.456 e. The number of ether oxygens (including phenoxy) is 5. The fourth-order valence-electron chi connectivity index (χ4n) is 6.55. The van der Waals surface area contributed by atoms with Crippen LogP contribution in [0.3, 0.4) is 0 Å². The minimum absolute atomic E-state index is 0.0391. The molecule has 7 rings (SSSR count). The van der Waals surface area contributed by atoms with Gasteiger partial charge in [0.15, 0.2) is 36.3 Å².